The van der Waals surface area contributed by atoms with Gasteiger partial charge in [-0.1, -0.05) is 18.2 Å². The number of rotatable bonds is 4. The molecule has 4 heteroatoms. The number of carbonyl (C=O) groups is 1. The molecule has 0 spiro atoms. The molecule has 23 heavy (non-hydrogen) atoms. The van der Waals surface area contributed by atoms with Gasteiger partial charge in [0.15, 0.2) is 0 Å². The smallest absolute Gasteiger partial charge is 0.253 e. The van der Waals surface area contributed by atoms with Crippen LogP contribution in [0.25, 0.3) is 0 Å². The van der Waals surface area contributed by atoms with Gasteiger partial charge in [0.1, 0.15) is 11.5 Å². The Morgan fingerprint density at radius 1 is 1.09 bits per heavy atom. The molecule has 1 N–H and O–H groups in total. The lowest BCUT2D eigenvalue weighted by Gasteiger charge is -2.31. The van der Waals surface area contributed by atoms with Gasteiger partial charge in [0.25, 0.3) is 5.91 Å². The number of amides is 1. The quantitative estimate of drug-likeness (QED) is 0.942. The van der Waals surface area contributed by atoms with Crippen molar-refractivity contribution in [2.45, 2.75) is 12.8 Å². The second-order valence-corrected chi connectivity index (χ2v) is 5.88. The molecule has 1 heterocycles. The van der Waals surface area contributed by atoms with E-state index in [4.69, 9.17) is 4.74 Å². The summed E-state index contributed by atoms with van der Waals surface area (Å²) in [6.45, 7) is 1.54. The van der Waals surface area contributed by atoms with Crippen molar-refractivity contribution in [1.29, 1.82) is 0 Å². The zero-order valence-electron chi connectivity index (χ0n) is 13.0. The number of nitrogens with zero attached hydrogens (tertiary/aromatic N) is 1. The first kappa shape index (κ1) is 15.6. The molecule has 0 bridgehead atoms. The molecule has 0 aliphatic carbocycles. The van der Waals surface area contributed by atoms with E-state index in [1.165, 1.54) is 0 Å². The molecule has 0 aromatic heterocycles. The fourth-order valence-corrected chi connectivity index (χ4v) is 2.87. The number of ether oxygens (including phenoxy) is 1. The molecular formula is C19H21NO3. The van der Waals surface area contributed by atoms with Gasteiger partial charge in [-0.25, -0.2) is 0 Å². The summed E-state index contributed by atoms with van der Waals surface area (Å²) in [4.78, 5) is 14.4. The number of aliphatic hydroxyl groups is 1. The number of para-hydroxylation sites is 1. The molecule has 4 nitrogen and oxygen atoms in total. The lowest BCUT2D eigenvalue weighted by Crippen LogP contribution is -2.40. The number of hydrogen-bond acceptors (Lipinski definition) is 3. The highest BCUT2D eigenvalue weighted by Crippen LogP contribution is 2.23. The molecule has 1 saturated heterocycles. The van der Waals surface area contributed by atoms with E-state index in [0.717, 1.165) is 25.1 Å². The normalized spacial score (nSPS) is 17.8. The molecule has 0 saturated carbocycles. The van der Waals surface area contributed by atoms with Crippen LogP contribution >= 0.6 is 0 Å². The second kappa shape index (κ2) is 7.29. The van der Waals surface area contributed by atoms with Crippen LogP contribution in [-0.4, -0.2) is 35.6 Å². The maximum absolute atomic E-state index is 12.5. The molecule has 1 unspecified atom stereocenters. The maximum Gasteiger partial charge on any atom is 0.253 e. The molecule has 0 radical (unpaired) electrons. The Kier molecular flexibility index (Phi) is 4.93. The van der Waals surface area contributed by atoms with Gasteiger partial charge in [0.2, 0.25) is 0 Å². The summed E-state index contributed by atoms with van der Waals surface area (Å²) >= 11 is 0. The molecule has 1 aliphatic heterocycles. The van der Waals surface area contributed by atoms with E-state index < -0.39 is 0 Å². The molecule has 1 atom stereocenters. The van der Waals surface area contributed by atoms with Gasteiger partial charge < -0.3 is 14.7 Å². The van der Waals surface area contributed by atoms with Crippen LogP contribution in [0.3, 0.4) is 0 Å². The summed E-state index contributed by atoms with van der Waals surface area (Å²) in [5.74, 6) is 1.70. The van der Waals surface area contributed by atoms with E-state index in [1.807, 2.05) is 47.4 Å². The van der Waals surface area contributed by atoms with Gasteiger partial charge in [-0.05, 0) is 55.2 Å². The van der Waals surface area contributed by atoms with Crippen molar-refractivity contribution >= 4 is 5.91 Å². The summed E-state index contributed by atoms with van der Waals surface area (Å²) < 4.78 is 5.74. The van der Waals surface area contributed by atoms with Crippen LogP contribution in [0.2, 0.25) is 0 Å². The Balaban J connectivity index is 1.65. The minimum Gasteiger partial charge on any atom is -0.457 e. The van der Waals surface area contributed by atoms with E-state index >= 15 is 0 Å². The highest BCUT2D eigenvalue weighted by atomic mass is 16.5. The molecule has 2 aromatic carbocycles. The third kappa shape index (κ3) is 3.90. The topological polar surface area (TPSA) is 49.8 Å². The average molecular weight is 311 g/mol. The van der Waals surface area contributed by atoms with Crippen molar-refractivity contribution in [2.24, 2.45) is 5.92 Å². The van der Waals surface area contributed by atoms with E-state index in [-0.39, 0.29) is 18.4 Å². The minimum atomic E-state index is 0.0226. The highest BCUT2D eigenvalue weighted by Gasteiger charge is 2.23. The number of hydrogen-bond donors (Lipinski definition) is 1. The molecular weight excluding hydrogens is 290 g/mol. The Morgan fingerprint density at radius 3 is 2.48 bits per heavy atom. The Labute approximate surface area is 136 Å². The van der Waals surface area contributed by atoms with Crippen LogP contribution in [0.15, 0.2) is 54.6 Å². The number of carbonyl (C=O) groups excluding carboxylic acids is 1. The fourth-order valence-electron chi connectivity index (χ4n) is 2.87. The van der Waals surface area contributed by atoms with Gasteiger partial charge in [-0.15, -0.1) is 0 Å². The molecule has 120 valence electrons. The lowest BCUT2D eigenvalue weighted by atomic mass is 9.98. The van der Waals surface area contributed by atoms with Gasteiger partial charge in [-0.2, -0.15) is 0 Å². The van der Waals surface area contributed by atoms with Gasteiger partial charge in [0, 0.05) is 25.3 Å². The molecule has 1 aliphatic rings. The van der Waals surface area contributed by atoms with Crippen LogP contribution in [0, 0.1) is 5.92 Å². The van der Waals surface area contributed by atoms with Crippen molar-refractivity contribution < 1.29 is 14.6 Å². The fraction of sp³-hybridized carbons (Fsp3) is 0.316. The third-order valence-electron chi connectivity index (χ3n) is 4.14. The first-order valence-electron chi connectivity index (χ1n) is 7.99. The van der Waals surface area contributed by atoms with Gasteiger partial charge >= 0.3 is 0 Å². The summed E-state index contributed by atoms with van der Waals surface area (Å²) in [5, 5.41) is 9.28. The SMILES string of the molecule is O=C(c1ccc(Oc2ccccc2)cc1)N1CCCC(CO)C1. The Morgan fingerprint density at radius 2 is 1.78 bits per heavy atom. The zero-order chi connectivity index (χ0) is 16.1. The first-order chi connectivity index (χ1) is 11.3. The average Bonchev–Trinajstić information content (AvgIpc) is 2.63. The van der Waals surface area contributed by atoms with Crippen LogP contribution in [0.4, 0.5) is 0 Å². The van der Waals surface area contributed by atoms with E-state index in [1.54, 1.807) is 12.1 Å². The van der Waals surface area contributed by atoms with Crippen LogP contribution in [0.5, 0.6) is 11.5 Å². The molecule has 1 fully saturated rings. The number of aliphatic hydroxyl groups excluding tert-OH is 1. The Bertz CT molecular complexity index is 639. The van der Waals surface area contributed by atoms with Crippen molar-refractivity contribution in [1.82, 2.24) is 4.90 Å². The second-order valence-electron chi connectivity index (χ2n) is 5.88. The van der Waals surface area contributed by atoms with Crippen molar-refractivity contribution in [3.05, 3.63) is 60.2 Å². The minimum absolute atomic E-state index is 0.0226. The van der Waals surface area contributed by atoms with Crippen molar-refractivity contribution in [3.8, 4) is 11.5 Å². The predicted molar refractivity (Wildman–Crippen MR) is 88.7 cm³/mol. The predicted octanol–water partition coefficient (Wildman–Crippen LogP) is 3.32. The zero-order valence-corrected chi connectivity index (χ0v) is 13.0. The van der Waals surface area contributed by atoms with Gasteiger partial charge in [-0.3, -0.25) is 4.79 Å². The van der Waals surface area contributed by atoms with Crippen LogP contribution < -0.4 is 4.74 Å². The van der Waals surface area contributed by atoms with E-state index in [9.17, 15) is 9.90 Å². The standard InChI is InChI=1S/C19H21NO3/c21-14-15-5-4-12-20(13-15)19(22)16-8-10-18(11-9-16)23-17-6-2-1-3-7-17/h1-3,6-11,15,21H,4-5,12-14H2. The van der Waals surface area contributed by atoms with Crippen LogP contribution in [-0.2, 0) is 0 Å². The molecule has 1 amide bonds. The largest absolute Gasteiger partial charge is 0.457 e. The van der Waals surface area contributed by atoms with Crippen molar-refractivity contribution in [2.75, 3.05) is 19.7 Å². The molecule has 3 rings (SSSR count). The third-order valence-corrected chi connectivity index (χ3v) is 4.14. The van der Waals surface area contributed by atoms with Crippen LogP contribution in [0.1, 0.15) is 23.2 Å². The van der Waals surface area contributed by atoms with Gasteiger partial charge in [0.05, 0.1) is 0 Å². The lowest BCUT2D eigenvalue weighted by molar-refractivity contribution is 0.0620. The summed E-state index contributed by atoms with van der Waals surface area (Å²) in [5.41, 5.74) is 0.656. The maximum atomic E-state index is 12.5. The van der Waals surface area contributed by atoms with Crippen molar-refractivity contribution in [3.63, 3.8) is 0 Å². The monoisotopic (exact) mass is 311 g/mol. The summed E-state index contributed by atoms with van der Waals surface area (Å²) in [6.07, 6.45) is 1.94. The summed E-state index contributed by atoms with van der Waals surface area (Å²) in [6, 6.07) is 16.8. The number of piperidine rings is 1. The number of benzene rings is 2. The Hall–Kier alpha value is -2.33. The van der Waals surface area contributed by atoms with E-state index in [0.29, 0.717) is 17.9 Å². The first-order valence-corrected chi connectivity index (χ1v) is 7.99. The summed E-state index contributed by atoms with van der Waals surface area (Å²) in [7, 11) is 0. The van der Waals surface area contributed by atoms with E-state index in [2.05, 4.69) is 0 Å². The number of likely N-dealkylation sites (tertiary alicyclic amines) is 1. The highest BCUT2D eigenvalue weighted by molar-refractivity contribution is 5.94. The molecule has 2 aromatic rings.